The summed E-state index contributed by atoms with van der Waals surface area (Å²) in [6.07, 6.45) is 3.15. The van der Waals surface area contributed by atoms with Gasteiger partial charge >= 0.3 is 0 Å². The van der Waals surface area contributed by atoms with E-state index >= 15 is 0 Å². The number of rotatable bonds is 4. The Hall–Kier alpha value is -2.48. The highest BCUT2D eigenvalue weighted by Gasteiger charge is 2.34. The summed E-state index contributed by atoms with van der Waals surface area (Å²) in [5.74, 6) is 0.0820. The molecule has 2 amide bonds. The Bertz CT molecular complexity index is 881. The number of benzene rings is 1. The second-order valence-electron chi connectivity index (χ2n) is 7.10. The standard InChI is InChI=1S/C19H23N5O2S/c1-12-6-3-7-14(13(12)2)20-17(26)15-8-4-10-23(15)18-21-22-19(27-18)24-11-5-9-16(24)25/h3,6-7,15H,4-5,8-11H2,1-2H3,(H,20,26). The molecule has 142 valence electrons. The molecular formula is C19H23N5O2S. The van der Waals surface area contributed by atoms with Gasteiger partial charge in [-0.25, -0.2) is 0 Å². The van der Waals surface area contributed by atoms with Gasteiger partial charge < -0.3 is 10.2 Å². The lowest BCUT2D eigenvalue weighted by molar-refractivity contribution is -0.117. The number of aryl methyl sites for hydroxylation is 1. The van der Waals surface area contributed by atoms with Crippen LogP contribution in [0, 0.1) is 13.8 Å². The zero-order valence-corrected chi connectivity index (χ0v) is 16.4. The molecule has 2 aliphatic heterocycles. The Morgan fingerprint density at radius 2 is 2.00 bits per heavy atom. The highest BCUT2D eigenvalue weighted by Crippen LogP contribution is 2.34. The highest BCUT2D eigenvalue weighted by atomic mass is 32.1. The number of aromatic nitrogens is 2. The van der Waals surface area contributed by atoms with Crippen LogP contribution in [0.4, 0.5) is 16.0 Å². The number of nitrogens with zero attached hydrogens (tertiary/aromatic N) is 4. The van der Waals surface area contributed by atoms with Crippen LogP contribution in [0.3, 0.4) is 0 Å². The first-order valence-corrected chi connectivity index (χ1v) is 10.1. The number of nitrogens with one attached hydrogen (secondary N) is 1. The van der Waals surface area contributed by atoms with Crippen LogP contribution < -0.4 is 15.1 Å². The molecule has 2 aromatic rings. The Morgan fingerprint density at radius 1 is 1.19 bits per heavy atom. The molecule has 0 bridgehead atoms. The van der Waals surface area contributed by atoms with Crippen LogP contribution in [-0.2, 0) is 9.59 Å². The second-order valence-corrected chi connectivity index (χ2v) is 8.04. The van der Waals surface area contributed by atoms with Crippen LogP contribution in [0.25, 0.3) is 0 Å². The van der Waals surface area contributed by atoms with E-state index in [2.05, 4.69) is 15.5 Å². The van der Waals surface area contributed by atoms with Gasteiger partial charge in [0, 0.05) is 25.2 Å². The molecule has 4 rings (SSSR count). The van der Waals surface area contributed by atoms with Crippen LogP contribution in [0.1, 0.15) is 36.8 Å². The topological polar surface area (TPSA) is 78.4 Å². The van der Waals surface area contributed by atoms with Crippen LogP contribution in [-0.4, -0.2) is 41.1 Å². The van der Waals surface area contributed by atoms with Gasteiger partial charge in [-0.05, 0) is 50.3 Å². The van der Waals surface area contributed by atoms with Crippen molar-refractivity contribution in [2.45, 2.75) is 45.6 Å². The molecular weight excluding hydrogens is 362 g/mol. The lowest BCUT2D eigenvalue weighted by atomic mass is 10.1. The van der Waals surface area contributed by atoms with Gasteiger partial charge in [0.1, 0.15) is 6.04 Å². The number of hydrogen-bond acceptors (Lipinski definition) is 6. The minimum absolute atomic E-state index is 0.0183. The van der Waals surface area contributed by atoms with Crippen molar-refractivity contribution >= 4 is 39.1 Å². The molecule has 2 fully saturated rings. The van der Waals surface area contributed by atoms with Gasteiger partial charge in [-0.15, -0.1) is 10.2 Å². The molecule has 0 aliphatic carbocycles. The summed E-state index contributed by atoms with van der Waals surface area (Å²) in [6, 6.07) is 5.66. The van der Waals surface area contributed by atoms with Crippen molar-refractivity contribution in [1.29, 1.82) is 0 Å². The molecule has 0 spiro atoms. The molecule has 2 aliphatic rings. The minimum Gasteiger partial charge on any atom is -0.335 e. The zero-order chi connectivity index (χ0) is 19.0. The first-order chi connectivity index (χ1) is 13.0. The SMILES string of the molecule is Cc1cccc(NC(=O)C2CCCN2c2nnc(N3CCCC3=O)s2)c1C. The van der Waals surface area contributed by atoms with Gasteiger partial charge in [-0.3, -0.25) is 14.5 Å². The van der Waals surface area contributed by atoms with Crippen molar-refractivity contribution in [3.8, 4) is 0 Å². The third-order valence-corrected chi connectivity index (χ3v) is 6.35. The van der Waals surface area contributed by atoms with Crippen LogP contribution in [0.2, 0.25) is 0 Å². The van der Waals surface area contributed by atoms with Gasteiger partial charge in [0.05, 0.1) is 0 Å². The van der Waals surface area contributed by atoms with Crippen molar-refractivity contribution in [3.63, 3.8) is 0 Å². The Morgan fingerprint density at radius 3 is 2.78 bits per heavy atom. The Balaban J connectivity index is 1.50. The van der Waals surface area contributed by atoms with E-state index in [9.17, 15) is 9.59 Å². The quantitative estimate of drug-likeness (QED) is 0.876. The maximum Gasteiger partial charge on any atom is 0.247 e. The summed E-state index contributed by atoms with van der Waals surface area (Å²) in [4.78, 5) is 28.6. The molecule has 0 saturated carbocycles. The summed E-state index contributed by atoms with van der Waals surface area (Å²) in [6.45, 7) is 5.52. The maximum absolute atomic E-state index is 12.9. The van der Waals surface area contributed by atoms with Crippen molar-refractivity contribution < 1.29 is 9.59 Å². The lowest BCUT2D eigenvalue weighted by Crippen LogP contribution is -2.39. The summed E-state index contributed by atoms with van der Waals surface area (Å²) in [5.41, 5.74) is 3.09. The van der Waals surface area contributed by atoms with E-state index in [0.717, 1.165) is 42.6 Å². The van der Waals surface area contributed by atoms with E-state index in [0.29, 0.717) is 23.2 Å². The van der Waals surface area contributed by atoms with Crippen molar-refractivity contribution in [3.05, 3.63) is 29.3 Å². The van der Waals surface area contributed by atoms with Crippen LogP contribution in [0.15, 0.2) is 18.2 Å². The molecule has 0 radical (unpaired) electrons. The van der Waals surface area contributed by atoms with E-state index in [-0.39, 0.29) is 17.9 Å². The highest BCUT2D eigenvalue weighted by molar-refractivity contribution is 7.19. The molecule has 1 N–H and O–H groups in total. The number of hydrogen-bond donors (Lipinski definition) is 1. The molecule has 2 saturated heterocycles. The van der Waals surface area contributed by atoms with E-state index in [1.165, 1.54) is 11.3 Å². The fourth-order valence-corrected chi connectivity index (χ4v) is 4.62. The number of carbonyl (C=O) groups excluding carboxylic acids is 2. The molecule has 3 heterocycles. The van der Waals surface area contributed by atoms with Gasteiger partial charge in [-0.2, -0.15) is 0 Å². The van der Waals surface area contributed by atoms with Crippen molar-refractivity contribution in [1.82, 2.24) is 10.2 Å². The molecule has 27 heavy (non-hydrogen) atoms. The first kappa shape index (κ1) is 17.9. The van der Waals surface area contributed by atoms with Crippen molar-refractivity contribution in [2.24, 2.45) is 0 Å². The summed E-state index contributed by atoms with van der Waals surface area (Å²) in [7, 11) is 0. The van der Waals surface area contributed by atoms with Crippen molar-refractivity contribution in [2.75, 3.05) is 28.2 Å². The largest absolute Gasteiger partial charge is 0.335 e. The molecule has 1 aromatic carbocycles. The molecule has 1 atom stereocenters. The van der Waals surface area contributed by atoms with Gasteiger partial charge in [-0.1, -0.05) is 23.5 Å². The number of anilines is 3. The van der Waals surface area contributed by atoms with E-state index in [1.54, 1.807) is 4.90 Å². The van der Waals surface area contributed by atoms with Crippen LogP contribution >= 0.6 is 11.3 Å². The average molecular weight is 385 g/mol. The zero-order valence-electron chi connectivity index (χ0n) is 15.6. The smallest absolute Gasteiger partial charge is 0.247 e. The predicted molar refractivity (Wildman–Crippen MR) is 106 cm³/mol. The first-order valence-electron chi connectivity index (χ1n) is 9.32. The van der Waals surface area contributed by atoms with Gasteiger partial charge in [0.25, 0.3) is 0 Å². The lowest BCUT2D eigenvalue weighted by Gasteiger charge is -2.23. The Kier molecular flexibility index (Phi) is 4.82. The number of carbonyl (C=O) groups is 2. The minimum atomic E-state index is -0.264. The maximum atomic E-state index is 12.9. The van der Waals surface area contributed by atoms with Crippen LogP contribution in [0.5, 0.6) is 0 Å². The average Bonchev–Trinajstić information content (AvgIpc) is 3.38. The predicted octanol–water partition coefficient (Wildman–Crippen LogP) is 2.89. The molecule has 7 nitrogen and oxygen atoms in total. The van der Waals surface area contributed by atoms with E-state index < -0.39 is 0 Å². The summed E-state index contributed by atoms with van der Waals surface area (Å²) < 4.78 is 0. The van der Waals surface area contributed by atoms with E-state index in [4.69, 9.17) is 0 Å². The third kappa shape index (κ3) is 3.41. The Labute approximate surface area is 162 Å². The summed E-state index contributed by atoms with van der Waals surface area (Å²) >= 11 is 1.39. The third-order valence-electron chi connectivity index (χ3n) is 5.37. The number of amides is 2. The van der Waals surface area contributed by atoms with Gasteiger partial charge in [0.2, 0.25) is 22.1 Å². The molecule has 1 unspecified atom stereocenters. The fraction of sp³-hybridized carbons (Fsp3) is 0.474. The molecule has 8 heteroatoms. The molecule has 1 aromatic heterocycles. The normalized spacial score (nSPS) is 19.8. The monoisotopic (exact) mass is 385 g/mol. The van der Waals surface area contributed by atoms with E-state index in [1.807, 2.05) is 36.9 Å². The summed E-state index contributed by atoms with van der Waals surface area (Å²) in [5, 5.41) is 12.9. The fourth-order valence-electron chi connectivity index (χ4n) is 3.65. The second kappa shape index (κ2) is 7.26. The van der Waals surface area contributed by atoms with Gasteiger partial charge in [0.15, 0.2) is 0 Å².